The van der Waals surface area contributed by atoms with Crippen molar-refractivity contribution in [3.05, 3.63) is 0 Å². The molecule has 0 aliphatic carbocycles. The van der Waals surface area contributed by atoms with Crippen LogP contribution in [0.25, 0.3) is 0 Å². The summed E-state index contributed by atoms with van der Waals surface area (Å²) in [5.41, 5.74) is -1.77. The van der Waals surface area contributed by atoms with Gasteiger partial charge in [-0.2, -0.15) is 0 Å². The van der Waals surface area contributed by atoms with Gasteiger partial charge in [-0.1, -0.05) is 41.0 Å². The minimum absolute atomic E-state index is 0.0371. The highest BCUT2D eigenvalue weighted by Gasteiger charge is 2.79. The Morgan fingerprint density at radius 1 is 1.15 bits per heavy atom. The standard InChI is InChI=1S/C26H45N3O5/c1-7-10-17(6)28-23(32)21-26-12-11-25(9-3,34-26)19(22(31)27-13-8-2)20(26)24(33)29(21)18(15-30)14-16(4)5/h16-21,30H,7-15H2,1-6H3,(H,27,31)(H,28,32)/t17?,18-,19+,20+,21?,25-,26?/m1/s1. The maximum absolute atomic E-state index is 14.1. The van der Waals surface area contributed by atoms with Gasteiger partial charge in [0.05, 0.1) is 30.1 Å². The number of likely N-dealkylation sites (tertiary alicyclic amines) is 1. The summed E-state index contributed by atoms with van der Waals surface area (Å²) < 4.78 is 6.74. The fourth-order valence-electron chi connectivity index (χ4n) is 6.75. The minimum Gasteiger partial charge on any atom is -0.394 e. The number of aliphatic hydroxyl groups is 1. The molecule has 8 nitrogen and oxygen atoms in total. The van der Waals surface area contributed by atoms with Crippen LogP contribution in [0.15, 0.2) is 0 Å². The molecule has 0 saturated carbocycles. The van der Waals surface area contributed by atoms with Gasteiger partial charge >= 0.3 is 0 Å². The smallest absolute Gasteiger partial charge is 0.246 e. The molecule has 194 valence electrons. The van der Waals surface area contributed by atoms with Crippen molar-refractivity contribution in [1.29, 1.82) is 0 Å². The number of hydrogen-bond donors (Lipinski definition) is 3. The minimum atomic E-state index is -1.04. The number of aliphatic hydroxyl groups excluding tert-OH is 1. The molecular weight excluding hydrogens is 434 g/mol. The summed E-state index contributed by atoms with van der Waals surface area (Å²) in [6.07, 6.45) is 4.96. The van der Waals surface area contributed by atoms with Gasteiger partial charge in [0.25, 0.3) is 0 Å². The lowest BCUT2D eigenvalue weighted by Crippen LogP contribution is -2.59. The Balaban J connectivity index is 2.07. The van der Waals surface area contributed by atoms with E-state index in [1.165, 1.54) is 0 Å². The molecule has 3 aliphatic heterocycles. The van der Waals surface area contributed by atoms with Crippen molar-refractivity contribution < 1.29 is 24.2 Å². The van der Waals surface area contributed by atoms with Gasteiger partial charge in [0.15, 0.2) is 0 Å². The van der Waals surface area contributed by atoms with Crippen LogP contribution >= 0.6 is 0 Å². The lowest BCUT2D eigenvalue weighted by atomic mass is 9.65. The lowest BCUT2D eigenvalue weighted by molar-refractivity contribution is -0.151. The summed E-state index contributed by atoms with van der Waals surface area (Å²) in [6.45, 7) is 12.4. The van der Waals surface area contributed by atoms with Crippen LogP contribution in [0.3, 0.4) is 0 Å². The molecule has 8 heteroatoms. The number of amides is 3. The van der Waals surface area contributed by atoms with Gasteiger partial charge in [-0.15, -0.1) is 0 Å². The van der Waals surface area contributed by atoms with Crippen molar-refractivity contribution in [2.75, 3.05) is 13.2 Å². The Bertz CT molecular complexity index is 774. The molecule has 2 bridgehead atoms. The second-order valence-electron chi connectivity index (χ2n) is 11.0. The average Bonchev–Trinajstić information content (AvgIpc) is 3.39. The first-order valence-electron chi connectivity index (χ1n) is 13.3. The van der Waals surface area contributed by atoms with E-state index in [4.69, 9.17) is 4.74 Å². The average molecular weight is 480 g/mol. The molecule has 3 aliphatic rings. The number of rotatable bonds is 12. The van der Waals surface area contributed by atoms with Crippen LogP contribution in [0, 0.1) is 17.8 Å². The third-order valence-corrected chi connectivity index (χ3v) is 8.16. The number of nitrogens with one attached hydrogen (secondary N) is 2. The molecule has 34 heavy (non-hydrogen) atoms. The first-order chi connectivity index (χ1) is 16.1. The third kappa shape index (κ3) is 4.36. The van der Waals surface area contributed by atoms with Crippen molar-refractivity contribution in [2.45, 2.75) is 116 Å². The molecule has 3 fully saturated rings. The van der Waals surface area contributed by atoms with Gasteiger partial charge in [0.2, 0.25) is 17.7 Å². The van der Waals surface area contributed by atoms with Gasteiger partial charge in [-0.25, -0.2) is 0 Å². The van der Waals surface area contributed by atoms with Gasteiger partial charge in [0, 0.05) is 12.6 Å². The van der Waals surface area contributed by atoms with Crippen LogP contribution in [0.2, 0.25) is 0 Å². The highest BCUT2D eigenvalue weighted by molar-refractivity contribution is 5.99. The van der Waals surface area contributed by atoms with E-state index in [1.54, 1.807) is 4.90 Å². The van der Waals surface area contributed by atoms with E-state index >= 15 is 0 Å². The third-order valence-electron chi connectivity index (χ3n) is 8.16. The van der Waals surface area contributed by atoms with E-state index in [-0.39, 0.29) is 36.3 Å². The molecule has 3 unspecified atom stereocenters. The van der Waals surface area contributed by atoms with E-state index in [9.17, 15) is 19.5 Å². The van der Waals surface area contributed by atoms with Gasteiger partial charge in [-0.05, 0) is 51.4 Å². The maximum atomic E-state index is 14.1. The van der Waals surface area contributed by atoms with Crippen molar-refractivity contribution in [3.63, 3.8) is 0 Å². The van der Waals surface area contributed by atoms with Crippen molar-refractivity contribution in [2.24, 2.45) is 17.8 Å². The quantitative estimate of drug-likeness (QED) is 0.398. The summed E-state index contributed by atoms with van der Waals surface area (Å²) in [4.78, 5) is 42.9. The number of carbonyl (C=O) groups is 3. The summed E-state index contributed by atoms with van der Waals surface area (Å²) in [5, 5.41) is 16.4. The highest BCUT2D eigenvalue weighted by atomic mass is 16.5. The Morgan fingerprint density at radius 3 is 2.41 bits per heavy atom. The fraction of sp³-hybridized carbons (Fsp3) is 0.885. The predicted molar refractivity (Wildman–Crippen MR) is 130 cm³/mol. The first-order valence-corrected chi connectivity index (χ1v) is 13.3. The first kappa shape index (κ1) is 26.9. The topological polar surface area (TPSA) is 108 Å². The van der Waals surface area contributed by atoms with Gasteiger partial charge in [-0.3, -0.25) is 14.4 Å². The molecule has 7 atom stereocenters. The molecule has 3 saturated heterocycles. The molecule has 0 aromatic heterocycles. The zero-order valence-electron chi connectivity index (χ0n) is 21.9. The Morgan fingerprint density at radius 2 is 1.85 bits per heavy atom. The summed E-state index contributed by atoms with van der Waals surface area (Å²) in [5.74, 6) is -1.73. The zero-order chi connectivity index (χ0) is 25.3. The zero-order valence-corrected chi connectivity index (χ0v) is 21.9. The Labute approximate surface area is 204 Å². The molecule has 3 rings (SSSR count). The SMILES string of the molecule is CCCNC(=O)[C@@H]1[C@H]2C(=O)N([C@@H](CO)CC(C)C)C(C(=O)NC(C)CCC)C23CC[C@@]1(CC)O3. The summed E-state index contributed by atoms with van der Waals surface area (Å²) in [6, 6.07) is -1.38. The molecule has 0 aromatic carbocycles. The summed E-state index contributed by atoms with van der Waals surface area (Å²) >= 11 is 0. The van der Waals surface area contributed by atoms with E-state index in [1.807, 2.05) is 34.6 Å². The monoisotopic (exact) mass is 479 g/mol. The second-order valence-corrected chi connectivity index (χ2v) is 11.0. The normalized spacial score (nSPS) is 33.8. The highest BCUT2D eigenvalue weighted by Crippen LogP contribution is 2.64. The van der Waals surface area contributed by atoms with Crippen LogP contribution in [0.1, 0.15) is 86.5 Å². The molecule has 3 heterocycles. The Hall–Kier alpha value is -1.67. The van der Waals surface area contributed by atoms with Crippen LogP contribution in [-0.2, 0) is 19.1 Å². The number of ether oxygens (including phenoxy) is 1. The maximum Gasteiger partial charge on any atom is 0.246 e. The van der Waals surface area contributed by atoms with Crippen LogP contribution in [0.4, 0.5) is 0 Å². The molecular formula is C26H45N3O5. The lowest BCUT2D eigenvalue weighted by Gasteiger charge is -2.38. The van der Waals surface area contributed by atoms with E-state index in [2.05, 4.69) is 17.6 Å². The van der Waals surface area contributed by atoms with Crippen LogP contribution < -0.4 is 10.6 Å². The summed E-state index contributed by atoms with van der Waals surface area (Å²) in [7, 11) is 0. The van der Waals surface area contributed by atoms with E-state index in [0.717, 1.165) is 19.3 Å². The predicted octanol–water partition coefficient (Wildman–Crippen LogP) is 2.38. The number of nitrogens with zero attached hydrogens (tertiary/aromatic N) is 1. The molecule has 3 N–H and O–H groups in total. The largest absolute Gasteiger partial charge is 0.394 e. The van der Waals surface area contributed by atoms with Gasteiger partial charge in [0.1, 0.15) is 11.6 Å². The second kappa shape index (κ2) is 10.5. The molecule has 0 radical (unpaired) electrons. The van der Waals surface area contributed by atoms with Crippen molar-refractivity contribution >= 4 is 17.7 Å². The molecule has 1 spiro atoms. The van der Waals surface area contributed by atoms with Crippen LogP contribution in [-0.4, -0.2) is 70.2 Å². The fourth-order valence-corrected chi connectivity index (χ4v) is 6.75. The van der Waals surface area contributed by atoms with Crippen molar-refractivity contribution in [1.82, 2.24) is 15.5 Å². The van der Waals surface area contributed by atoms with Gasteiger partial charge < -0.3 is 25.4 Å². The molecule has 0 aromatic rings. The van der Waals surface area contributed by atoms with Crippen LogP contribution in [0.5, 0.6) is 0 Å². The number of hydrogen-bond acceptors (Lipinski definition) is 5. The number of fused-ring (bicyclic) bond motifs is 1. The van der Waals surface area contributed by atoms with E-state index in [0.29, 0.717) is 32.2 Å². The Kier molecular flexibility index (Phi) is 8.33. The van der Waals surface area contributed by atoms with Crippen molar-refractivity contribution in [3.8, 4) is 0 Å². The number of carbonyl (C=O) groups excluding carboxylic acids is 3. The van der Waals surface area contributed by atoms with E-state index < -0.39 is 35.1 Å². The molecule has 3 amide bonds.